The van der Waals surface area contributed by atoms with E-state index in [1.165, 1.54) is 0 Å². The number of phenolic OH excluding ortho intramolecular Hbond substituents is 1. The Bertz CT molecular complexity index is 392. The summed E-state index contributed by atoms with van der Waals surface area (Å²) in [5.41, 5.74) is 6.70. The summed E-state index contributed by atoms with van der Waals surface area (Å²) in [5, 5.41) is 10.1. The number of phenols is 1. The molecular formula is C13H20N2O3. The number of rotatable bonds is 4. The van der Waals surface area contributed by atoms with Crippen molar-refractivity contribution in [3.8, 4) is 11.5 Å². The zero-order valence-electron chi connectivity index (χ0n) is 10.6. The Labute approximate surface area is 107 Å². The van der Waals surface area contributed by atoms with Gasteiger partial charge in [-0.15, -0.1) is 0 Å². The molecule has 1 atom stereocenters. The van der Waals surface area contributed by atoms with Crippen LogP contribution in [0.3, 0.4) is 0 Å². The Morgan fingerprint density at radius 2 is 2.17 bits per heavy atom. The molecule has 1 aliphatic rings. The molecule has 0 aliphatic carbocycles. The third-order valence-electron chi connectivity index (χ3n) is 3.31. The monoisotopic (exact) mass is 252 g/mol. The molecule has 1 aliphatic heterocycles. The average Bonchev–Trinajstić information content (AvgIpc) is 2.42. The number of methoxy groups -OCH3 is 1. The number of aromatic hydroxyl groups is 1. The summed E-state index contributed by atoms with van der Waals surface area (Å²) in [6, 6.07) is 5.37. The number of hydrogen-bond donors (Lipinski definition) is 2. The Morgan fingerprint density at radius 3 is 2.72 bits per heavy atom. The molecular weight excluding hydrogens is 232 g/mol. The molecule has 0 amide bonds. The van der Waals surface area contributed by atoms with Gasteiger partial charge in [-0.1, -0.05) is 6.07 Å². The van der Waals surface area contributed by atoms with E-state index in [1.54, 1.807) is 13.2 Å². The summed E-state index contributed by atoms with van der Waals surface area (Å²) in [7, 11) is 1.58. The first-order valence-corrected chi connectivity index (χ1v) is 6.15. The molecule has 3 N–H and O–H groups in total. The van der Waals surface area contributed by atoms with Crippen molar-refractivity contribution in [1.29, 1.82) is 0 Å². The van der Waals surface area contributed by atoms with Crippen LogP contribution in [0.5, 0.6) is 11.5 Å². The molecule has 0 spiro atoms. The minimum atomic E-state index is 0.0276. The van der Waals surface area contributed by atoms with E-state index in [1.807, 2.05) is 12.1 Å². The maximum Gasteiger partial charge on any atom is 0.124 e. The van der Waals surface area contributed by atoms with Gasteiger partial charge in [0, 0.05) is 31.3 Å². The van der Waals surface area contributed by atoms with Gasteiger partial charge >= 0.3 is 0 Å². The van der Waals surface area contributed by atoms with Gasteiger partial charge in [0.1, 0.15) is 11.5 Å². The lowest BCUT2D eigenvalue weighted by Crippen LogP contribution is -2.41. The van der Waals surface area contributed by atoms with E-state index in [4.69, 9.17) is 15.2 Å². The van der Waals surface area contributed by atoms with Crippen LogP contribution in [0.15, 0.2) is 18.2 Å². The van der Waals surface area contributed by atoms with Gasteiger partial charge in [0.05, 0.1) is 26.4 Å². The molecule has 5 heteroatoms. The summed E-state index contributed by atoms with van der Waals surface area (Å²) in [4.78, 5) is 2.24. The first-order valence-electron chi connectivity index (χ1n) is 6.15. The van der Waals surface area contributed by atoms with Crippen molar-refractivity contribution < 1.29 is 14.6 Å². The summed E-state index contributed by atoms with van der Waals surface area (Å²) < 4.78 is 10.4. The Morgan fingerprint density at radius 1 is 1.44 bits per heavy atom. The fraction of sp³-hybridized carbons (Fsp3) is 0.538. The number of nitrogens with two attached hydrogens (primary N) is 1. The molecule has 0 saturated carbocycles. The molecule has 1 aromatic carbocycles. The maximum atomic E-state index is 10.1. The van der Waals surface area contributed by atoms with Gasteiger partial charge in [-0.3, -0.25) is 4.90 Å². The summed E-state index contributed by atoms with van der Waals surface area (Å²) >= 11 is 0. The molecule has 1 saturated heterocycles. The highest BCUT2D eigenvalue weighted by molar-refractivity contribution is 5.41. The lowest BCUT2D eigenvalue weighted by Gasteiger charge is -2.34. The van der Waals surface area contributed by atoms with Gasteiger partial charge in [-0.2, -0.15) is 0 Å². The molecule has 18 heavy (non-hydrogen) atoms. The van der Waals surface area contributed by atoms with Crippen molar-refractivity contribution in [2.45, 2.75) is 6.04 Å². The second-order valence-electron chi connectivity index (χ2n) is 4.32. The fourth-order valence-electron chi connectivity index (χ4n) is 2.29. The van der Waals surface area contributed by atoms with Crippen molar-refractivity contribution in [2.24, 2.45) is 5.73 Å². The normalized spacial score (nSPS) is 18.6. The third kappa shape index (κ3) is 2.75. The zero-order chi connectivity index (χ0) is 13.0. The van der Waals surface area contributed by atoms with Crippen molar-refractivity contribution in [3.05, 3.63) is 23.8 Å². The second-order valence-corrected chi connectivity index (χ2v) is 4.32. The molecule has 0 aromatic heterocycles. The van der Waals surface area contributed by atoms with Crippen LogP contribution in [0.1, 0.15) is 11.6 Å². The average molecular weight is 252 g/mol. The Hall–Kier alpha value is -1.30. The van der Waals surface area contributed by atoms with Crippen molar-refractivity contribution in [2.75, 3.05) is 40.0 Å². The number of hydrogen-bond acceptors (Lipinski definition) is 5. The smallest absolute Gasteiger partial charge is 0.124 e. The lowest BCUT2D eigenvalue weighted by molar-refractivity contribution is 0.0174. The SMILES string of the molecule is COc1ccc(C(CN)N2CCOCC2)c(O)c1. The molecule has 5 nitrogen and oxygen atoms in total. The Balaban J connectivity index is 2.20. The van der Waals surface area contributed by atoms with Gasteiger partial charge in [-0.05, 0) is 6.07 Å². The molecule has 1 unspecified atom stereocenters. The number of morpholine rings is 1. The minimum Gasteiger partial charge on any atom is -0.507 e. The third-order valence-corrected chi connectivity index (χ3v) is 3.31. The van der Waals surface area contributed by atoms with Crippen LogP contribution < -0.4 is 10.5 Å². The van der Waals surface area contributed by atoms with Gasteiger partial charge in [0.2, 0.25) is 0 Å². The quantitative estimate of drug-likeness (QED) is 0.827. The molecule has 1 fully saturated rings. The van der Waals surface area contributed by atoms with Crippen molar-refractivity contribution in [3.63, 3.8) is 0 Å². The largest absolute Gasteiger partial charge is 0.507 e. The van der Waals surface area contributed by atoms with Crippen LogP contribution in [0.4, 0.5) is 0 Å². The van der Waals surface area contributed by atoms with Gasteiger partial charge in [0.15, 0.2) is 0 Å². The maximum absolute atomic E-state index is 10.1. The summed E-state index contributed by atoms with van der Waals surface area (Å²) in [5.74, 6) is 0.880. The fourth-order valence-corrected chi connectivity index (χ4v) is 2.29. The predicted molar refractivity (Wildman–Crippen MR) is 68.8 cm³/mol. The molecule has 1 aromatic rings. The van der Waals surface area contributed by atoms with Crippen LogP contribution in [-0.2, 0) is 4.74 Å². The van der Waals surface area contributed by atoms with E-state index in [0.717, 1.165) is 18.7 Å². The van der Waals surface area contributed by atoms with Crippen LogP contribution in [-0.4, -0.2) is 50.0 Å². The van der Waals surface area contributed by atoms with E-state index in [9.17, 15) is 5.11 Å². The molecule has 0 bridgehead atoms. The van der Waals surface area contributed by atoms with Crippen LogP contribution in [0.25, 0.3) is 0 Å². The number of benzene rings is 1. The van der Waals surface area contributed by atoms with E-state index >= 15 is 0 Å². The Kier molecular flexibility index (Phi) is 4.41. The van der Waals surface area contributed by atoms with Crippen molar-refractivity contribution >= 4 is 0 Å². The van der Waals surface area contributed by atoms with E-state index in [0.29, 0.717) is 25.5 Å². The highest BCUT2D eigenvalue weighted by atomic mass is 16.5. The summed E-state index contributed by atoms with van der Waals surface area (Å²) in [6.07, 6.45) is 0. The van der Waals surface area contributed by atoms with Crippen LogP contribution in [0, 0.1) is 0 Å². The van der Waals surface area contributed by atoms with Crippen LogP contribution >= 0.6 is 0 Å². The van der Waals surface area contributed by atoms with Gasteiger partial charge in [-0.25, -0.2) is 0 Å². The highest BCUT2D eigenvalue weighted by Crippen LogP contribution is 2.31. The van der Waals surface area contributed by atoms with Gasteiger partial charge in [0.25, 0.3) is 0 Å². The minimum absolute atomic E-state index is 0.0276. The molecule has 2 rings (SSSR count). The predicted octanol–water partition coefficient (Wildman–Crippen LogP) is 0.733. The van der Waals surface area contributed by atoms with E-state index < -0.39 is 0 Å². The first kappa shape index (κ1) is 13.1. The van der Waals surface area contributed by atoms with Crippen molar-refractivity contribution in [1.82, 2.24) is 4.90 Å². The molecule has 0 radical (unpaired) electrons. The second kappa shape index (κ2) is 6.04. The lowest BCUT2D eigenvalue weighted by atomic mass is 10.0. The summed E-state index contributed by atoms with van der Waals surface area (Å²) in [6.45, 7) is 3.58. The first-order chi connectivity index (χ1) is 8.76. The standard InChI is InChI=1S/C13H20N2O3/c1-17-10-2-3-11(13(16)8-10)12(9-14)15-4-6-18-7-5-15/h2-3,8,12,16H,4-7,9,14H2,1H3. The van der Waals surface area contributed by atoms with E-state index in [-0.39, 0.29) is 11.8 Å². The zero-order valence-corrected chi connectivity index (χ0v) is 10.6. The molecule has 1 heterocycles. The van der Waals surface area contributed by atoms with Crippen LogP contribution in [0.2, 0.25) is 0 Å². The topological polar surface area (TPSA) is 68.0 Å². The highest BCUT2D eigenvalue weighted by Gasteiger charge is 2.23. The van der Waals surface area contributed by atoms with E-state index in [2.05, 4.69) is 4.90 Å². The molecule has 100 valence electrons. The number of ether oxygens (including phenoxy) is 2. The van der Waals surface area contributed by atoms with Gasteiger partial charge < -0.3 is 20.3 Å². The number of nitrogens with zero attached hydrogens (tertiary/aromatic N) is 1.